The van der Waals surface area contributed by atoms with Gasteiger partial charge in [-0.2, -0.15) is 0 Å². The zero-order chi connectivity index (χ0) is 40.7. The van der Waals surface area contributed by atoms with Gasteiger partial charge in [0.2, 0.25) is 0 Å². The van der Waals surface area contributed by atoms with Gasteiger partial charge in [-0.05, 0) is 155 Å². The van der Waals surface area contributed by atoms with Crippen molar-refractivity contribution in [1.29, 1.82) is 0 Å². The maximum Gasteiger partial charge on any atom is -0.00264 e. The molecule has 13 rings (SSSR count). The van der Waals surface area contributed by atoms with Crippen LogP contribution in [0.15, 0.2) is 231 Å². The molecule has 0 saturated heterocycles. The molecule has 0 atom stereocenters. The van der Waals surface area contributed by atoms with Gasteiger partial charge in [0.05, 0.1) is 0 Å². The van der Waals surface area contributed by atoms with Crippen molar-refractivity contribution in [3.63, 3.8) is 0 Å². The molecule has 13 aromatic carbocycles. The van der Waals surface area contributed by atoms with Gasteiger partial charge >= 0.3 is 0 Å². The molecule has 62 heavy (non-hydrogen) atoms. The summed E-state index contributed by atoms with van der Waals surface area (Å²) in [5.74, 6) is 0. The Morgan fingerprint density at radius 1 is 0.161 bits per heavy atom. The fourth-order valence-corrected chi connectivity index (χ4v) is 10.5. The van der Waals surface area contributed by atoms with E-state index in [4.69, 9.17) is 0 Å². The Morgan fingerprint density at radius 3 is 0.968 bits per heavy atom. The normalized spacial score (nSPS) is 11.9. The average Bonchev–Trinajstić information content (AvgIpc) is 3.34. The number of rotatable bonds is 4. The third kappa shape index (κ3) is 5.40. The maximum atomic E-state index is 2.39. The lowest BCUT2D eigenvalue weighted by Crippen LogP contribution is -1.89. The predicted molar refractivity (Wildman–Crippen MR) is 268 cm³/mol. The second kappa shape index (κ2) is 13.7. The van der Waals surface area contributed by atoms with Crippen molar-refractivity contribution >= 4 is 86.2 Å². The summed E-state index contributed by atoms with van der Waals surface area (Å²) in [5, 5.41) is 20.3. The van der Waals surface area contributed by atoms with Crippen LogP contribution in [0.3, 0.4) is 0 Å². The number of hydrogen-bond acceptors (Lipinski definition) is 0. The summed E-state index contributed by atoms with van der Waals surface area (Å²) in [5.41, 5.74) is 10.00. The third-order valence-electron chi connectivity index (χ3n) is 13.4. The van der Waals surface area contributed by atoms with Crippen LogP contribution in [0.25, 0.3) is 131 Å². The maximum absolute atomic E-state index is 2.39. The molecule has 13 aromatic rings. The molecule has 0 nitrogen and oxygen atoms in total. The zero-order valence-corrected chi connectivity index (χ0v) is 33.9. The highest BCUT2D eigenvalue weighted by atomic mass is 14.2. The van der Waals surface area contributed by atoms with Crippen LogP contribution in [0.2, 0.25) is 0 Å². The van der Waals surface area contributed by atoms with Crippen LogP contribution >= 0.6 is 0 Å². The van der Waals surface area contributed by atoms with Crippen molar-refractivity contribution in [3.8, 4) is 44.5 Å². The first-order valence-corrected chi connectivity index (χ1v) is 21.6. The van der Waals surface area contributed by atoms with E-state index >= 15 is 0 Å². The van der Waals surface area contributed by atoms with Gasteiger partial charge in [0, 0.05) is 0 Å². The molecule has 0 N–H and O–H groups in total. The van der Waals surface area contributed by atoms with E-state index < -0.39 is 0 Å². The fraction of sp³-hybridized carbons (Fsp3) is 0. The molecule has 0 aliphatic carbocycles. The molecule has 0 radical (unpaired) electrons. The Kier molecular flexibility index (Phi) is 7.71. The minimum absolute atomic E-state index is 1.21. The molecule has 286 valence electrons. The smallest absolute Gasteiger partial charge is 0.00264 e. The van der Waals surface area contributed by atoms with E-state index in [1.807, 2.05) is 0 Å². The SMILES string of the molecule is c1ccc2cc(-c3c4ccccc4cc4c3ccc3c(-c5ccc(-c6cccc7c6ccc6c(-c8ccc9ccccc9c8)c8ccccc8cc67)cc5)cccc34)ccc2c1. The summed E-state index contributed by atoms with van der Waals surface area (Å²) in [6, 6.07) is 85.7. The zero-order valence-electron chi connectivity index (χ0n) is 33.9. The van der Waals surface area contributed by atoms with Crippen LogP contribution in [-0.2, 0) is 0 Å². The Labute approximate surface area is 359 Å². The summed E-state index contributed by atoms with van der Waals surface area (Å²) in [7, 11) is 0. The monoisotopic (exact) mass is 782 g/mol. The summed E-state index contributed by atoms with van der Waals surface area (Å²) < 4.78 is 0. The van der Waals surface area contributed by atoms with Crippen molar-refractivity contribution in [2.45, 2.75) is 0 Å². The highest BCUT2D eigenvalue weighted by molar-refractivity contribution is 6.23. The lowest BCUT2D eigenvalue weighted by molar-refractivity contribution is 1.63. The summed E-state index contributed by atoms with van der Waals surface area (Å²) in [6.07, 6.45) is 0. The van der Waals surface area contributed by atoms with E-state index in [2.05, 4.69) is 231 Å². The summed E-state index contributed by atoms with van der Waals surface area (Å²) in [4.78, 5) is 0. The van der Waals surface area contributed by atoms with Crippen LogP contribution < -0.4 is 0 Å². The van der Waals surface area contributed by atoms with Gasteiger partial charge in [-0.3, -0.25) is 0 Å². The largest absolute Gasteiger partial charge is 0.0616 e. The van der Waals surface area contributed by atoms with E-state index in [1.165, 1.54) is 131 Å². The molecule has 0 amide bonds. The number of benzene rings is 13. The second-order valence-electron chi connectivity index (χ2n) is 16.8. The molecule has 0 saturated carbocycles. The first-order valence-electron chi connectivity index (χ1n) is 21.6. The molecule has 0 aromatic heterocycles. The third-order valence-corrected chi connectivity index (χ3v) is 13.4. The minimum atomic E-state index is 1.21. The molecule has 0 fully saturated rings. The van der Waals surface area contributed by atoms with E-state index in [0.29, 0.717) is 0 Å². The lowest BCUT2D eigenvalue weighted by Gasteiger charge is -2.17. The predicted octanol–water partition coefficient (Wildman–Crippen LogP) is 17.6. The summed E-state index contributed by atoms with van der Waals surface area (Å²) >= 11 is 0. The minimum Gasteiger partial charge on any atom is -0.0616 e. The highest BCUT2D eigenvalue weighted by Crippen LogP contribution is 2.44. The standard InChI is InChI=1S/C62H38/c1-3-13-43-35-47(29-23-39(43)11-1)61-51-17-7-5-15-45(51)37-59-53-21-9-19-49(55(53)31-33-57(59)61)41-25-27-42(28-26-41)50-20-10-22-54-56(50)32-34-58-60(54)38-46-16-6-8-18-52(46)62(58)48-30-24-40-12-2-4-14-44(40)36-48/h1-38H. The van der Waals surface area contributed by atoms with Crippen molar-refractivity contribution in [3.05, 3.63) is 231 Å². The lowest BCUT2D eigenvalue weighted by atomic mass is 9.87. The molecule has 0 bridgehead atoms. The molecule has 0 unspecified atom stereocenters. The van der Waals surface area contributed by atoms with E-state index in [0.717, 1.165) is 0 Å². The van der Waals surface area contributed by atoms with Gasteiger partial charge < -0.3 is 0 Å². The first-order chi connectivity index (χ1) is 30.7. The van der Waals surface area contributed by atoms with Crippen LogP contribution in [0.1, 0.15) is 0 Å². The van der Waals surface area contributed by atoms with Crippen molar-refractivity contribution in [2.24, 2.45) is 0 Å². The Bertz CT molecular complexity index is 3700. The van der Waals surface area contributed by atoms with Crippen molar-refractivity contribution in [2.75, 3.05) is 0 Å². The van der Waals surface area contributed by atoms with Crippen LogP contribution in [-0.4, -0.2) is 0 Å². The van der Waals surface area contributed by atoms with E-state index in [9.17, 15) is 0 Å². The van der Waals surface area contributed by atoms with Crippen molar-refractivity contribution < 1.29 is 0 Å². The average molecular weight is 783 g/mol. The quantitative estimate of drug-likeness (QED) is 0.123. The molecule has 0 spiro atoms. The molecule has 0 heterocycles. The van der Waals surface area contributed by atoms with Gasteiger partial charge in [-0.1, -0.05) is 206 Å². The molecular weight excluding hydrogens is 745 g/mol. The molecule has 0 heteroatoms. The van der Waals surface area contributed by atoms with Gasteiger partial charge in [-0.15, -0.1) is 0 Å². The Balaban J connectivity index is 0.934. The first kappa shape index (κ1) is 34.8. The van der Waals surface area contributed by atoms with Crippen LogP contribution in [0.5, 0.6) is 0 Å². The van der Waals surface area contributed by atoms with Gasteiger partial charge in [0.1, 0.15) is 0 Å². The van der Waals surface area contributed by atoms with Crippen LogP contribution in [0.4, 0.5) is 0 Å². The molecule has 0 aliphatic heterocycles. The molecular formula is C62H38. The van der Waals surface area contributed by atoms with Crippen LogP contribution in [0, 0.1) is 0 Å². The van der Waals surface area contributed by atoms with E-state index in [1.54, 1.807) is 0 Å². The summed E-state index contributed by atoms with van der Waals surface area (Å²) in [6.45, 7) is 0. The van der Waals surface area contributed by atoms with Gasteiger partial charge in [0.15, 0.2) is 0 Å². The Hall–Kier alpha value is -8.06. The topological polar surface area (TPSA) is 0 Å². The number of hydrogen-bond donors (Lipinski definition) is 0. The highest BCUT2D eigenvalue weighted by Gasteiger charge is 2.17. The molecule has 0 aliphatic rings. The second-order valence-corrected chi connectivity index (χ2v) is 16.8. The van der Waals surface area contributed by atoms with Gasteiger partial charge in [-0.25, -0.2) is 0 Å². The van der Waals surface area contributed by atoms with Crippen molar-refractivity contribution in [1.82, 2.24) is 0 Å². The Morgan fingerprint density at radius 2 is 0.516 bits per heavy atom. The number of fused-ring (bicyclic) bond motifs is 10. The van der Waals surface area contributed by atoms with Gasteiger partial charge in [0.25, 0.3) is 0 Å². The van der Waals surface area contributed by atoms with E-state index in [-0.39, 0.29) is 0 Å². The fourth-order valence-electron chi connectivity index (χ4n) is 10.5.